The zero-order chi connectivity index (χ0) is 27.3. The number of likely N-dealkylation sites (N-methyl/N-ethyl adjacent to an activating group) is 1. The van der Waals surface area contributed by atoms with Gasteiger partial charge in [-0.3, -0.25) is 4.79 Å². The molecule has 0 radical (unpaired) electrons. The fraction of sp³-hybridized carbons (Fsp3) is 0.345. The van der Waals surface area contributed by atoms with Crippen LogP contribution in [0.5, 0.6) is 0 Å². The molecule has 38 heavy (non-hydrogen) atoms. The Balaban J connectivity index is 1.56. The van der Waals surface area contributed by atoms with Crippen molar-refractivity contribution in [2.75, 3.05) is 18.5 Å². The van der Waals surface area contributed by atoms with Crippen molar-refractivity contribution in [3.05, 3.63) is 89.5 Å². The van der Waals surface area contributed by atoms with E-state index in [9.17, 15) is 23.3 Å². The lowest BCUT2D eigenvalue weighted by Gasteiger charge is -2.26. The van der Waals surface area contributed by atoms with Crippen molar-refractivity contribution in [2.24, 2.45) is 0 Å². The molecule has 0 bridgehead atoms. The summed E-state index contributed by atoms with van der Waals surface area (Å²) < 4.78 is 27.3. The summed E-state index contributed by atoms with van der Waals surface area (Å²) >= 11 is 0. The maximum Gasteiger partial charge on any atom is 0.488 e. The van der Waals surface area contributed by atoms with Gasteiger partial charge < -0.3 is 14.9 Å². The van der Waals surface area contributed by atoms with Crippen molar-refractivity contribution in [3.63, 3.8) is 0 Å². The molecule has 1 aliphatic rings. The topological polar surface area (TPSA) is 98.2 Å². The summed E-state index contributed by atoms with van der Waals surface area (Å²) in [5.41, 5.74) is 4.03. The first kappa shape index (κ1) is 28.0. The third kappa shape index (κ3) is 6.71. The Morgan fingerprint density at radius 1 is 0.895 bits per heavy atom. The van der Waals surface area contributed by atoms with Crippen molar-refractivity contribution in [2.45, 2.75) is 56.4 Å². The van der Waals surface area contributed by atoms with Gasteiger partial charge in [0, 0.05) is 12.7 Å². The minimum atomic E-state index is -3.86. The standard InChI is InChI=1S/C29H35BN2O5S/c1-22-8-18-28(19-9-22)38(36,37)31(2)21-29(33)32(27-16-14-26(15-17-27)30(34)35)20-23-10-12-25(13-11-23)24-6-4-3-5-7-24/h8-19,24,34-35H,3-7,20-21H2,1-2H3. The van der Waals surface area contributed by atoms with Crippen LogP contribution in [0.4, 0.5) is 5.69 Å². The minimum absolute atomic E-state index is 0.129. The first-order chi connectivity index (χ1) is 18.1. The summed E-state index contributed by atoms with van der Waals surface area (Å²) in [7, 11) is -4.08. The van der Waals surface area contributed by atoms with Crippen molar-refractivity contribution in [1.29, 1.82) is 0 Å². The van der Waals surface area contributed by atoms with E-state index in [1.54, 1.807) is 36.4 Å². The third-order valence-electron chi connectivity index (χ3n) is 7.29. The van der Waals surface area contributed by atoms with E-state index >= 15 is 0 Å². The van der Waals surface area contributed by atoms with Crippen molar-refractivity contribution < 1.29 is 23.3 Å². The largest absolute Gasteiger partial charge is 0.488 e. The molecule has 2 N–H and O–H groups in total. The Bertz CT molecular complexity index is 1320. The second-order valence-electron chi connectivity index (χ2n) is 10.1. The van der Waals surface area contributed by atoms with Gasteiger partial charge in [0.25, 0.3) is 0 Å². The van der Waals surface area contributed by atoms with E-state index in [-0.39, 0.29) is 18.0 Å². The maximum absolute atomic E-state index is 13.5. The second-order valence-corrected chi connectivity index (χ2v) is 12.1. The van der Waals surface area contributed by atoms with Gasteiger partial charge in [0.1, 0.15) is 0 Å². The van der Waals surface area contributed by atoms with Gasteiger partial charge in [0.05, 0.1) is 18.0 Å². The van der Waals surface area contributed by atoms with Gasteiger partial charge >= 0.3 is 7.12 Å². The third-order valence-corrected chi connectivity index (χ3v) is 9.11. The lowest BCUT2D eigenvalue weighted by Crippen LogP contribution is -2.41. The molecule has 0 unspecified atom stereocenters. The van der Waals surface area contributed by atoms with Crippen LogP contribution in [-0.2, 0) is 21.4 Å². The van der Waals surface area contributed by atoms with Crippen LogP contribution >= 0.6 is 0 Å². The van der Waals surface area contributed by atoms with Gasteiger partial charge in [-0.2, -0.15) is 4.31 Å². The van der Waals surface area contributed by atoms with E-state index in [1.165, 1.54) is 61.7 Å². The zero-order valence-electron chi connectivity index (χ0n) is 22.0. The van der Waals surface area contributed by atoms with E-state index in [2.05, 4.69) is 12.1 Å². The number of hydrogen-bond acceptors (Lipinski definition) is 5. The Labute approximate surface area is 225 Å². The molecule has 0 atom stereocenters. The fourth-order valence-electron chi connectivity index (χ4n) is 4.91. The van der Waals surface area contributed by atoms with Crippen LogP contribution in [0.15, 0.2) is 77.7 Å². The van der Waals surface area contributed by atoms with E-state index in [0.717, 1.165) is 15.4 Å². The van der Waals surface area contributed by atoms with Gasteiger partial charge in [-0.25, -0.2) is 8.42 Å². The fourth-order valence-corrected chi connectivity index (χ4v) is 6.03. The van der Waals surface area contributed by atoms with Gasteiger partial charge in [-0.05, 0) is 66.5 Å². The van der Waals surface area contributed by atoms with E-state index in [0.29, 0.717) is 17.1 Å². The predicted octanol–water partition coefficient (Wildman–Crippen LogP) is 3.58. The van der Waals surface area contributed by atoms with Crippen LogP contribution in [-0.4, -0.2) is 49.4 Å². The molecule has 9 heteroatoms. The van der Waals surface area contributed by atoms with Crippen LogP contribution in [0.1, 0.15) is 54.7 Å². The van der Waals surface area contributed by atoms with Gasteiger partial charge in [0.15, 0.2) is 0 Å². The average molecular weight is 534 g/mol. The summed E-state index contributed by atoms with van der Waals surface area (Å²) in [4.78, 5) is 15.2. The van der Waals surface area contributed by atoms with Gasteiger partial charge in [-0.1, -0.05) is 73.4 Å². The quantitative estimate of drug-likeness (QED) is 0.409. The van der Waals surface area contributed by atoms with Crippen LogP contribution in [0.25, 0.3) is 0 Å². The highest BCUT2D eigenvalue weighted by Gasteiger charge is 2.26. The number of benzene rings is 3. The molecule has 0 aliphatic heterocycles. The van der Waals surface area contributed by atoms with Crippen molar-refractivity contribution in [1.82, 2.24) is 4.31 Å². The van der Waals surface area contributed by atoms with Crippen molar-refractivity contribution >= 4 is 34.2 Å². The monoisotopic (exact) mass is 534 g/mol. The second kappa shape index (κ2) is 12.3. The highest BCUT2D eigenvalue weighted by molar-refractivity contribution is 7.89. The molecule has 4 rings (SSSR count). The molecule has 1 fully saturated rings. The Hall–Kier alpha value is -2.98. The Kier molecular flexibility index (Phi) is 9.05. The normalized spacial score (nSPS) is 14.4. The summed E-state index contributed by atoms with van der Waals surface area (Å²) in [6.07, 6.45) is 6.22. The van der Waals surface area contributed by atoms with Crippen LogP contribution in [0.3, 0.4) is 0 Å². The highest BCUT2D eigenvalue weighted by atomic mass is 32.2. The summed E-state index contributed by atoms with van der Waals surface area (Å²) in [6.45, 7) is 1.79. The molecule has 3 aromatic rings. The Morgan fingerprint density at radius 2 is 1.50 bits per heavy atom. The molecule has 1 saturated carbocycles. The number of amides is 1. The maximum atomic E-state index is 13.5. The highest BCUT2D eigenvalue weighted by Crippen LogP contribution is 2.32. The zero-order valence-corrected chi connectivity index (χ0v) is 22.8. The first-order valence-electron chi connectivity index (χ1n) is 13.0. The van der Waals surface area contributed by atoms with E-state index < -0.39 is 23.0 Å². The molecule has 0 saturated heterocycles. The molecular weight excluding hydrogens is 499 g/mol. The van der Waals surface area contributed by atoms with Gasteiger partial charge in [0.2, 0.25) is 15.9 Å². The van der Waals surface area contributed by atoms with Crippen LogP contribution in [0, 0.1) is 6.92 Å². The lowest BCUT2D eigenvalue weighted by molar-refractivity contribution is -0.118. The number of sulfonamides is 1. The molecule has 0 aromatic heterocycles. The predicted molar refractivity (Wildman–Crippen MR) is 151 cm³/mol. The number of nitrogens with zero attached hydrogens (tertiary/aromatic N) is 2. The van der Waals surface area contributed by atoms with Crippen molar-refractivity contribution in [3.8, 4) is 0 Å². The number of anilines is 1. The smallest absolute Gasteiger partial charge is 0.423 e. The van der Waals surface area contributed by atoms with Gasteiger partial charge in [-0.15, -0.1) is 0 Å². The number of hydrogen-bond donors (Lipinski definition) is 2. The molecule has 1 aliphatic carbocycles. The summed E-state index contributed by atoms with van der Waals surface area (Å²) in [6, 6.07) is 21.2. The SMILES string of the molecule is Cc1ccc(S(=O)(=O)N(C)CC(=O)N(Cc2ccc(C3CCCCC3)cc2)c2ccc(B(O)O)cc2)cc1. The Morgan fingerprint density at radius 3 is 2.08 bits per heavy atom. The van der Waals surface area contributed by atoms with Crippen LogP contribution < -0.4 is 10.4 Å². The molecule has 7 nitrogen and oxygen atoms in total. The molecule has 0 spiro atoms. The van der Waals surface area contributed by atoms with E-state index in [4.69, 9.17) is 0 Å². The number of carbonyl (C=O) groups excluding carboxylic acids is 1. The minimum Gasteiger partial charge on any atom is -0.423 e. The lowest BCUT2D eigenvalue weighted by atomic mass is 9.80. The van der Waals surface area contributed by atoms with E-state index in [1.807, 2.05) is 19.1 Å². The van der Waals surface area contributed by atoms with Crippen LogP contribution in [0.2, 0.25) is 0 Å². The number of rotatable bonds is 9. The molecular formula is C29H35BN2O5S. The molecule has 1 amide bonds. The molecule has 3 aromatic carbocycles. The molecule has 200 valence electrons. The number of carbonyl (C=O) groups is 1. The average Bonchev–Trinajstić information content (AvgIpc) is 2.92. The summed E-state index contributed by atoms with van der Waals surface area (Å²) in [5.74, 6) is 0.186. The summed E-state index contributed by atoms with van der Waals surface area (Å²) in [5, 5.41) is 18.9. The molecule has 0 heterocycles. The first-order valence-corrected chi connectivity index (χ1v) is 14.5. The number of aryl methyl sites for hydroxylation is 1.